The van der Waals surface area contributed by atoms with Gasteiger partial charge in [0.25, 0.3) is 0 Å². The molecule has 0 saturated carbocycles. The first-order valence-corrected chi connectivity index (χ1v) is 4.18. The molecule has 0 spiro atoms. The maximum absolute atomic E-state index is 10.9. The maximum Gasteiger partial charge on any atom is 0.219 e. The van der Waals surface area contributed by atoms with Crippen LogP contribution in [0.1, 0.15) is 13.3 Å². The van der Waals surface area contributed by atoms with Crippen LogP contribution in [0, 0.1) is 5.41 Å². The van der Waals surface area contributed by atoms with Crippen molar-refractivity contribution in [3.63, 3.8) is 0 Å². The summed E-state index contributed by atoms with van der Waals surface area (Å²) >= 11 is 0. The van der Waals surface area contributed by atoms with E-state index in [9.17, 15) is 4.79 Å². The molecule has 1 fully saturated rings. The van der Waals surface area contributed by atoms with Crippen LogP contribution in [0.25, 0.3) is 0 Å². The highest BCUT2D eigenvalue weighted by Crippen LogP contribution is 2.25. The van der Waals surface area contributed by atoms with Crippen LogP contribution in [0.3, 0.4) is 0 Å². The lowest BCUT2D eigenvalue weighted by Crippen LogP contribution is -2.53. The third kappa shape index (κ3) is 1.95. The molecular weight excluding hydrogens is 158 g/mol. The van der Waals surface area contributed by atoms with Crippen LogP contribution in [0.15, 0.2) is 0 Å². The molecule has 0 aromatic carbocycles. The number of carbonyl (C=O) groups excluding carboxylic acids is 1. The molecule has 70 valence electrons. The van der Waals surface area contributed by atoms with Crippen molar-refractivity contribution < 1.29 is 14.6 Å². The lowest BCUT2D eigenvalue weighted by molar-refractivity contribution is -0.140. The monoisotopic (exact) mass is 173 g/mol. The fraction of sp³-hybridized carbons (Fsp3) is 0.875. The molecule has 1 heterocycles. The number of aliphatic hydroxyl groups is 1. The van der Waals surface area contributed by atoms with E-state index in [4.69, 9.17) is 9.84 Å². The summed E-state index contributed by atoms with van der Waals surface area (Å²) in [6.07, 6.45) is 0.488. The van der Waals surface area contributed by atoms with Crippen LogP contribution < -0.4 is 5.32 Å². The Labute approximate surface area is 71.9 Å². The number of hydrogen-bond acceptors (Lipinski definition) is 3. The smallest absolute Gasteiger partial charge is 0.219 e. The number of amides is 1. The van der Waals surface area contributed by atoms with Gasteiger partial charge in [0.1, 0.15) is 0 Å². The molecule has 0 bridgehead atoms. The number of ether oxygens (including phenoxy) is 1. The topological polar surface area (TPSA) is 58.6 Å². The largest absolute Gasteiger partial charge is 0.396 e. The van der Waals surface area contributed by atoms with E-state index in [1.54, 1.807) is 6.92 Å². The normalized spacial score (nSPS) is 19.8. The molecule has 0 aliphatic carbocycles. The Kier molecular flexibility index (Phi) is 3.05. The van der Waals surface area contributed by atoms with E-state index in [1.807, 2.05) is 0 Å². The van der Waals surface area contributed by atoms with Gasteiger partial charge < -0.3 is 15.2 Å². The van der Waals surface area contributed by atoms with Crippen molar-refractivity contribution in [2.24, 2.45) is 5.41 Å². The second-order valence-electron chi connectivity index (χ2n) is 3.28. The molecule has 0 unspecified atom stereocenters. The fourth-order valence-electron chi connectivity index (χ4n) is 1.05. The summed E-state index contributed by atoms with van der Waals surface area (Å²) < 4.78 is 4.98. The van der Waals surface area contributed by atoms with Gasteiger partial charge in [-0.3, -0.25) is 4.79 Å². The van der Waals surface area contributed by atoms with Crippen LogP contribution in [-0.2, 0) is 9.53 Å². The number of nitrogens with one attached hydrogen (secondary N) is 1. The van der Waals surface area contributed by atoms with E-state index < -0.39 is 0 Å². The van der Waals surface area contributed by atoms with Crippen molar-refractivity contribution >= 4 is 5.91 Å². The molecule has 1 aliphatic heterocycles. The Morgan fingerprint density at radius 3 is 2.67 bits per heavy atom. The van der Waals surface area contributed by atoms with Crippen molar-refractivity contribution in [1.29, 1.82) is 0 Å². The van der Waals surface area contributed by atoms with E-state index in [2.05, 4.69) is 5.32 Å². The van der Waals surface area contributed by atoms with E-state index in [0.717, 1.165) is 0 Å². The summed E-state index contributed by atoms with van der Waals surface area (Å²) in [5.74, 6) is 0.0229. The molecule has 12 heavy (non-hydrogen) atoms. The summed E-state index contributed by atoms with van der Waals surface area (Å²) in [5.41, 5.74) is -0.204. The quantitative estimate of drug-likeness (QED) is 0.603. The Hall–Kier alpha value is -0.610. The van der Waals surface area contributed by atoms with Crippen molar-refractivity contribution in [2.75, 3.05) is 26.4 Å². The molecular formula is C8H15NO3. The van der Waals surface area contributed by atoms with Gasteiger partial charge >= 0.3 is 0 Å². The van der Waals surface area contributed by atoms with E-state index in [0.29, 0.717) is 26.2 Å². The van der Waals surface area contributed by atoms with Crippen molar-refractivity contribution in [3.05, 3.63) is 0 Å². The highest BCUT2D eigenvalue weighted by molar-refractivity contribution is 5.75. The average Bonchev–Trinajstić information content (AvgIpc) is 2.03. The first-order valence-electron chi connectivity index (χ1n) is 4.18. The van der Waals surface area contributed by atoms with Gasteiger partial charge in [-0.25, -0.2) is 0 Å². The van der Waals surface area contributed by atoms with E-state index >= 15 is 0 Å². The third-order valence-electron chi connectivity index (χ3n) is 2.13. The molecule has 0 radical (unpaired) electrons. The Morgan fingerprint density at radius 2 is 2.33 bits per heavy atom. The number of carbonyl (C=O) groups is 1. The van der Waals surface area contributed by atoms with E-state index in [1.165, 1.54) is 0 Å². The van der Waals surface area contributed by atoms with Gasteiger partial charge in [0.15, 0.2) is 0 Å². The molecule has 0 atom stereocenters. The Bertz CT molecular complexity index is 160. The molecule has 1 rings (SSSR count). The summed E-state index contributed by atoms with van der Waals surface area (Å²) in [5, 5.41) is 11.7. The molecule has 1 amide bonds. The zero-order valence-electron chi connectivity index (χ0n) is 7.30. The summed E-state index contributed by atoms with van der Waals surface area (Å²) in [4.78, 5) is 10.9. The average molecular weight is 173 g/mol. The number of hydrogen-bond donors (Lipinski definition) is 2. The fourth-order valence-corrected chi connectivity index (χ4v) is 1.05. The lowest BCUT2D eigenvalue weighted by Gasteiger charge is -2.39. The van der Waals surface area contributed by atoms with Gasteiger partial charge in [-0.05, 0) is 0 Å². The SMILES string of the molecule is CCC(=O)NCC1(CO)COC1. The summed E-state index contributed by atoms with van der Waals surface area (Å²) in [6.45, 7) is 3.51. The van der Waals surface area contributed by atoms with Crippen LogP contribution in [0.4, 0.5) is 0 Å². The zero-order chi connectivity index (χ0) is 9.03. The number of rotatable bonds is 4. The first-order chi connectivity index (χ1) is 5.72. The predicted octanol–water partition coefficient (Wildman–Crippen LogP) is -0.479. The molecule has 0 aromatic rings. The predicted molar refractivity (Wildman–Crippen MR) is 43.6 cm³/mol. The minimum atomic E-state index is -0.204. The van der Waals surface area contributed by atoms with Gasteiger partial charge in [0.2, 0.25) is 5.91 Å². The van der Waals surface area contributed by atoms with E-state index in [-0.39, 0.29) is 17.9 Å². The van der Waals surface area contributed by atoms with Crippen molar-refractivity contribution in [2.45, 2.75) is 13.3 Å². The highest BCUT2D eigenvalue weighted by Gasteiger charge is 2.38. The standard InChI is InChI=1S/C8H15NO3/c1-2-7(11)9-3-8(4-10)5-12-6-8/h10H,2-6H2,1H3,(H,9,11). The molecule has 1 saturated heterocycles. The summed E-state index contributed by atoms with van der Waals surface area (Å²) in [7, 11) is 0. The number of aliphatic hydroxyl groups excluding tert-OH is 1. The zero-order valence-corrected chi connectivity index (χ0v) is 7.30. The minimum absolute atomic E-state index is 0.0229. The molecule has 4 heteroatoms. The molecule has 0 aromatic heterocycles. The van der Waals surface area contributed by atoms with Gasteiger partial charge in [-0.15, -0.1) is 0 Å². The van der Waals surface area contributed by atoms with Gasteiger partial charge in [0, 0.05) is 13.0 Å². The minimum Gasteiger partial charge on any atom is -0.396 e. The maximum atomic E-state index is 10.9. The van der Waals surface area contributed by atoms with Crippen molar-refractivity contribution in [3.8, 4) is 0 Å². The van der Waals surface area contributed by atoms with Crippen LogP contribution >= 0.6 is 0 Å². The lowest BCUT2D eigenvalue weighted by atomic mass is 9.87. The van der Waals surface area contributed by atoms with Crippen LogP contribution in [0.5, 0.6) is 0 Å². The first kappa shape index (κ1) is 9.48. The second-order valence-corrected chi connectivity index (χ2v) is 3.28. The van der Waals surface area contributed by atoms with Crippen molar-refractivity contribution in [1.82, 2.24) is 5.32 Å². The third-order valence-corrected chi connectivity index (χ3v) is 2.13. The van der Waals surface area contributed by atoms with Crippen LogP contribution in [0.2, 0.25) is 0 Å². The molecule has 2 N–H and O–H groups in total. The Morgan fingerprint density at radius 1 is 1.67 bits per heavy atom. The summed E-state index contributed by atoms with van der Waals surface area (Å²) in [6, 6.07) is 0. The second kappa shape index (κ2) is 3.87. The van der Waals surface area contributed by atoms with Gasteiger partial charge in [-0.2, -0.15) is 0 Å². The Balaban J connectivity index is 2.24. The molecule has 1 aliphatic rings. The van der Waals surface area contributed by atoms with Crippen LogP contribution in [-0.4, -0.2) is 37.4 Å². The molecule has 4 nitrogen and oxygen atoms in total. The highest BCUT2D eigenvalue weighted by atomic mass is 16.5. The van der Waals surface area contributed by atoms with Gasteiger partial charge in [0.05, 0.1) is 25.2 Å². The van der Waals surface area contributed by atoms with Gasteiger partial charge in [-0.1, -0.05) is 6.92 Å².